The summed E-state index contributed by atoms with van der Waals surface area (Å²) in [5, 5.41) is 8.42. The average Bonchev–Trinajstić information content (AvgIpc) is 2.28. The first-order valence-electron chi connectivity index (χ1n) is 4.98. The van der Waals surface area contributed by atoms with E-state index in [0.717, 1.165) is 0 Å². The van der Waals surface area contributed by atoms with Crippen LogP contribution in [0.5, 0.6) is 11.5 Å². The number of ether oxygens (including phenoxy) is 1. The molecule has 0 aliphatic carbocycles. The lowest BCUT2D eigenvalue weighted by Gasteiger charge is -2.10. The van der Waals surface area contributed by atoms with Crippen molar-refractivity contribution >= 4 is 29.0 Å². The molecule has 0 amide bonds. The van der Waals surface area contributed by atoms with Crippen LogP contribution in [0, 0.1) is 5.41 Å². The third kappa shape index (κ3) is 2.91. The number of halogens is 2. The van der Waals surface area contributed by atoms with E-state index in [4.69, 9.17) is 39.1 Å². The Morgan fingerprint density at radius 3 is 2.61 bits per heavy atom. The van der Waals surface area contributed by atoms with E-state index < -0.39 is 0 Å². The smallest absolute Gasteiger partial charge is 0.147 e. The zero-order valence-electron chi connectivity index (χ0n) is 9.15. The van der Waals surface area contributed by atoms with Crippen LogP contribution in [0.2, 0.25) is 10.0 Å². The number of amidine groups is 1. The molecular weight excluding hydrogens is 273 g/mol. The summed E-state index contributed by atoms with van der Waals surface area (Å²) in [5.74, 6) is 0.739. The predicted octanol–water partition coefficient (Wildman–Crippen LogP) is 3.46. The van der Waals surface area contributed by atoms with Gasteiger partial charge in [0.1, 0.15) is 17.3 Å². The zero-order valence-corrected chi connectivity index (χ0v) is 10.7. The topological polar surface area (TPSA) is 72.0 Å². The molecular formula is C12H9Cl2N3O. The first-order chi connectivity index (χ1) is 8.56. The van der Waals surface area contributed by atoms with Crippen molar-refractivity contribution in [3.63, 3.8) is 0 Å². The molecule has 0 fully saturated rings. The van der Waals surface area contributed by atoms with E-state index in [1.165, 1.54) is 12.4 Å². The molecule has 0 bridgehead atoms. The van der Waals surface area contributed by atoms with Crippen LogP contribution < -0.4 is 10.5 Å². The summed E-state index contributed by atoms with van der Waals surface area (Å²) in [6.45, 7) is 0. The summed E-state index contributed by atoms with van der Waals surface area (Å²) in [5.41, 5.74) is 5.92. The van der Waals surface area contributed by atoms with E-state index in [0.29, 0.717) is 27.1 Å². The maximum atomic E-state index is 7.47. The zero-order chi connectivity index (χ0) is 13.1. The first kappa shape index (κ1) is 12.7. The minimum atomic E-state index is -0.100. The number of aromatic nitrogens is 1. The molecule has 0 radical (unpaired) electrons. The highest BCUT2D eigenvalue weighted by Gasteiger charge is 2.09. The van der Waals surface area contributed by atoms with Gasteiger partial charge in [-0.05, 0) is 12.1 Å². The predicted molar refractivity (Wildman–Crippen MR) is 71.8 cm³/mol. The number of nitrogens with zero attached hydrogens (tertiary/aromatic N) is 1. The van der Waals surface area contributed by atoms with Gasteiger partial charge in [-0.25, -0.2) is 0 Å². The van der Waals surface area contributed by atoms with E-state index in [1.807, 2.05) is 0 Å². The fourth-order valence-electron chi connectivity index (χ4n) is 1.38. The second-order valence-electron chi connectivity index (χ2n) is 3.50. The van der Waals surface area contributed by atoms with Gasteiger partial charge < -0.3 is 10.5 Å². The normalized spacial score (nSPS) is 10.1. The summed E-state index contributed by atoms with van der Waals surface area (Å²) in [7, 11) is 0. The number of nitrogen functional groups attached to an aromatic ring is 1. The van der Waals surface area contributed by atoms with E-state index in [1.54, 1.807) is 24.3 Å². The number of hydrogen-bond acceptors (Lipinski definition) is 3. The SMILES string of the molecule is N=C(N)c1ccc(Cl)cc1Oc1cncc(Cl)c1. The van der Waals surface area contributed by atoms with Crippen molar-refractivity contribution in [1.82, 2.24) is 4.98 Å². The van der Waals surface area contributed by atoms with Gasteiger partial charge in [0, 0.05) is 23.4 Å². The fourth-order valence-corrected chi connectivity index (χ4v) is 1.70. The van der Waals surface area contributed by atoms with E-state index >= 15 is 0 Å². The largest absolute Gasteiger partial charge is 0.455 e. The van der Waals surface area contributed by atoms with E-state index in [-0.39, 0.29) is 5.84 Å². The Morgan fingerprint density at radius 1 is 1.17 bits per heavy atom. The second kappa shape index (κ2) is 5.25. The van der Waals surface area contributed by atoms with Crippen LogP contribution in [0.3, 0.4) is 0 Å². The standard InChI is InChI=1S/C12H9Cl2N3O/c13-7-1-2-10(12(15)16)11(4-7)18-9-3-8(14)5-17-6-9/h1-6H,(H3,15,16). The molecule has 6 heteroatoms. The van der Waals surface area contributed by atoms with Crippen molar-refractivity contribution in [3.8, 4) is 11.5 Å². The number of hydrogen-bond donors (Lipinski definition) is 2. The van der Waals surface area contributed by atoms with Crippen LogP contribution in [-0.2, 0) is 0 Å². The Hall–Kier alpha value is -1.78. The lowest BCUT2D eigenvalue weighted by atomic mass is 10.2. The Balaban J connectivity index is 2.39. The number of nitrogens with one attached hydrogen (secondary N) is 1. The first-order valence-corrected chi connectivity index (χ1v) is 5.74. The molecule has 0 saturated carbocycles. The molecule has 0 atom stereocenters. The molecule has 0 aliphatic rings. The average molecular weight is 282 g/mol. The molecule has 2 rings (SSSR count). The Labute approximate surface area is 114 Å². The van der Waals surface area contributed by atoms with Crippen LogP contribution in [-0.4, -0.2) is 10.8 Å². The van der Waals surface area contributed by atoms with Crippen LogP contribution in [0.15, 0.2) is 36.7 Å². The maximum absolute atomic E-state index is 7.47. The van der Waals surface area contributed by atoms with Crippen LogP contribution in [0.4, 0.5) is 0 Å². The van der Waals surface area contributed by atoms with E-state index in [9.17, 15) is 0 Å². The van der Waals surface area contributed by atoms with Gasteiger partial charge in [-0.2, -0.15) is 0 Å². The summed E-state index contributed by atoms with van der Waals surface area (Å²) >= 11 is 11.7. The molecule has 1 aromatic carbocycles. The number of rotatable bonds is 3. The Morgan fingerprint density at radius 2 is 1.94 bits per heavy atom. The fraction of sp³-hybridized carbons (Fsp3) is 0. The van der Waals surface area contributed by atoms with Crippen LogP contribution in [0.25, 0.3) is 0 Å². The minimum absolute atomic E-state index is 0.100. The van der Waals surface area contributed by atoms with Crippen LogP contribution >= 0.6 is 23.2 Å². The third-order valence-corrected chi connectivity index (χ3v) is 2.58. The van der Waals surface area contributed by atoms with Gasteiger partial charge in [-0.15, -0.1) is 0 Å². The summed E-state index contributed by atoms with van der Waals surface area (Å²) in [4.78, 5) is 3.90. The minimum Gasteiger partial charge on any atom is -0.455 e. The van der Waals surface area contributed by atoms with Crippen molar-refractivity contribution in [1.29, 1.82) is 5.41 Å². The van der Waals surface area contributed by atoms with Gasteiger partial charge in [-0.1, -0.05) is 23.2 Å². The van der Waals surface area contributed by atoms with Crippen molar-refractivity contribution in [2.24, 2.45) is 5.73 Å². The van der Waals surface area contributed by atoms with Crippen molar-refractivity contribution in [2.45, 2.75) is 0 Å². The molecule has 0 unspecified atom stereocenters. The van der Waals surface area contributed by atoms with Gasteiger partial charge >= 0.3 is 0 Å². The monoisotopic (exact) mass is 281 g/mol. The third-order valence-electron chi connectivity index (χ3n) is 2.14. The molecule has 0 aliphatic heterocycles. The highest BCUT2D eigenvalue weighted by molar-refractivity contribution is 6.31. The number of benzene rings is 1. The van der Waals surface area contributed by atoms with Gasteiger partial charge in [0.15, 0.2) is 0 Å². The number of nitrogens with two attached hydrogens (primary N) is 1. The quantitative estimate of drug-likeness (QED) is 0.668. The highest BCUT2D eigenvalue weighted by Crippen LogP contribution is 2.28. The van der Waals surface area contributed by atoms with Crippen molar-refractivity contribution in [3.05, 3.63) is 52.3 Å². The summed E-state index contributed by atoms with van der Waals surface area (Å²) < 4.78 is 5.58. The molecule has 3 N–H and O–H groups in total. The summed E-state index contributed by atoms with van der Waals surface area (Å²) in [6, 6.07) is 6.46. The molecule has 4 nitrogen and oxygen atoms in total. The lowest BCUT2D eigenvalue weighted by Crippen LogP contribution is -2.12. The van der Waals surface area contributed by atoms with Gasteiger partial charge in [-0.3, -0.25) is 10.4 Å². The lowest BCUT2D eigenvalue weighted by molar-refractivity contribution is 0.479. The van der Waals surface area contributed by atoms with Crippen molar-refractivity contribution < 1.29 is 4.74 Å². The molecule has 0 saturated heterocycles. The number of pyridine rings is 1. The van der Waals surface area contributed by atoms with Crippen molar-refractivity contribution in [2.75, 3.05) is 0 Å². The van der Waals surface area contributed by atoms with Gasteiger partial charge in [0.05, 0.1) is 16.8 Å². The Bertz CT molecular complexity index is 602. The molecule has 92 valence electrons. The summed E-state index contributed by atoms with van der Waals surface area (Å²) in [6.07, 6.45) is 3.01. The molecule has 2 aromatic rings. The Kier molecular flexibility index (Phi) is 3.69. The van der Waals surface area contributed by atoms with E-state index in [2.05, 4.69) is 4.98 Å². The molecule has 0 spiro atoms. The molecule has 1 aromatic heterocycles. The highest BCUT2D eigenvalue weighted by atomic mass is 35.5. The molecule has 18 heavy (non-hydrogen) atoms. The second-order valence-corrected chi connectivity index (χ2v) is 4.37. The van der Waals surface area contributed by atoms with Gasteiger partial charge in [0.2, 0.25) is 0 Å². The maximum Gasteiger partial charge on any atom is 0.147 e. The molecule has 1 heterocycles. The van der Waals surface area contributed by atoms with Gasteiger partial charge in [0.25, 0.3) is 0 Å². The van der Waals surface area contributed by atoms with Crippen LogP contribution in [0.1, 0.15) is 5.56 Å².